The fraction of sp³-hybridized carbons (Fsp3) is 0.655. The normalized spacial score (nSPS) is 31.0. The summed E-state index contributed by atoms with van der Waals surface area (Å²) in [6, 6.07) is 1.71. The molecule has 7 rings (SSSR count). The molecule has 1 aromatic heterocycles. The molecule has 4 saturated heterocycles. The topological polar surface area (TPSA) is 88.8 Å². The summed E-state index contributed by atoms with van der Waals surface area (Å²) < 4.78 is 84.3. The van der Waals surface area contributed by atoms with E-state index in [0.29, 0.717) is 55.2 Å². The van der Waals surface area contributed by atoms with Crippen LogP contribution in [0.15, 0.2) is 6.07 Å². The number of halogens is 5. The first-order chi connectivity index (χ1) is 20.0. The van der Waals surface area contributed by atoms with E-state index in [1.807, 2.05) is 0 Å². The summed E-state index contributed by atoms with van der Waals surface area (Å²) in [5.41, 5.74) is 4.28. The van der Waals surface area contributed by atoms with Gasteiger partial charge in [0.25, 0.3) is 0 Å². The van der Waals surface area contributed by atoms with Crippen LogP contribution in [0.3, 0.4) is 0 Å². The lowest BCUT2D eigenvalue weighted by molar-refractivity contribution is -0.140. The number of nitrogens with two attached hydrogens (primary N) is 1. The summed E-state index contributed by atoms with van der Waals surface area (Å²) >= 11 is 0. The van der Waals surface area contributed by atoms with Crippen molar-refractivity contribution in [1.82, 2.24) is 20.2 Å². The zero-order valence-corrected chi connectivity index (χ0v) is 23.4. The molecule has 228 valence electrons. The Morgan fingerprint density at radius 3 is 2.69 bits per heavy atom. The van der Waals surface area contributed by atoms with Gasteiger partial charge in [0.2, 0.25) is 0 Å². The van der Waals surface area contributed by atoms with E-state index in [-0.39, 0.29) is 36.9 Å². The van der Waals surface area contributed by atoms with E-state index in [4.69, 9.17) is 20.2 Å². The smallest absolute Gasteiger partial charge is 0.417 e. The molecule has 0 aliphatic carbocycles. The molecular formula is C29H35F5N6O2. The van der Waals surface area contributed by atoms with Crippen molar-refractivity contribution in [2.75, 3.05) is 43.4 Å². The van der Waals surface area contributed by atoms with Gasteiger partial charge in [0.15, 0.2) is 5.82 Å². The molecule has 2 unspecified atom stereocenters. The molecule has 5 aliphatic heterocycles. The minimum atomic E-state index is -4.80. The lowest BCUT2D eigenvalue weighted by atomic mass is 9.91. The number of aromatic nitrogens is 2. The van der Waals surface area contributed by atoms with Gasteiger partial charge in [-0.05, 0) is 50.8 Å². The third kappa shape index (κ3) is 4.77. The Balaban J connectivity index is 1.25. The molecule has 4 fully saturated rings. The maximum atomic E-state index is 15.3. The fourth-order valence-corrected chi connectivity index (χ4v) is 7.88. The van der Waals surface area contributed by atoms with E-state index in [0.717, 1.165) is 38.3 Å². The lowest BCUT2D eigenvalue weighted by Gasteiger charge is -2.37. The Bertz CT molecular complexity index is 1380. The molecule has 0 amide bonds. The Kier molecular flexibility index (Phi) is 6.78. The number of hydrogen-bond acceptors (Lipinski definition) is 8. The molecule has 1 aromatic carbocycles. The van der Waals surface area contributed by atoms with E-state index in [1.54, 1.807) is 0 Å². The number of alkyl halides is 4. The highest BCUT2D eigenvalue weighted by molar-refractivity contribution is 5.55. The van der Waals surface area contributed by atoms with Crippen LogP contribution in [-0.2, 0) is 23.9 Å². The van der Waals surface area contributed by atoms with Crippen LogP contribution in [-0.4, -0.2) is 71.4 Å². The minimum Gasteiger partial charge on any atom is -0.461 e. The number of piperazine rings is 1. The zero-order chi connectivity index (χ0) is 29.4. The minimum absolute atomic E-state index is 0.0826. The Morgan fingerprint density at radius 2 is 1.95 bits per heavy atom. The largest absolute Gasteiger partial charge is 0.461 e. The van der Waals surface area contributed by atoms with Crippen LogP contribution in [0.1, 0.15) is 66.2 Å². The summed E-state index contributed by atoms with van der Waals surface area (Å²) in [7, 11) is 0. The highest BCUT2D eigenvalue weighted by atomic mass is 19.4. The first-order valence-electron chi connectivity index (χ1n) is 14.7. The first-order valence-corrected chi connectivity index (χ1v) is 14.7. The van der Waals surface area contributed by atoms with Gasteiger partial charge < -0.3 is 25.4 Å². The quantitative estimate of drug-likeness (QED) is 0.393. The van der Waals surface area contributed by atoms with Gasteiger partial charge in [-0.1, -0.05) is 0 Å². The summed E-state index contributed by atoms with van der Waals surface area (Å²) in [6.45, 7) is 4.03. The van der Waals surface area contributed by atoms with Gasteiger partial charge in [-0.25, -0.2) is 8.78 Å². The van der Waals surface area contributed by atoms with E-state index in [1.165, 1.54) is 6.92 Å². The number of rotatable bonds is 5. The lowest BCUT2D eigenvalue weighted by Crippen LogP contribution is -2.52. The van der Waals surface area contributed by atoms with Crippen LogP contribution in [0.2, 0.25) is 0 Å². The van der Waals surface area contributed by atoms with Crippen LogP contribution in [0, 0.1) is 12.7 Å². The van der Waals surface area contributed by atoms with Crippen molar-refractivity contribution in [3.05, 3.63) is 39.8 Å². The van der Waals surface area contributed by atoms with E-state index in [2.05, 4.69) is 20.1 Å². The number of fused-ring (bicyclic) bond motifs is 4. The van der Waals surface area contributed by atoms with Crippen molar-refractivity contribution >= 4 is 11.5 Å². The van der Waals surface area contributed by atoms with Crippen LogP contribution < -0.4 is 20.7 Å². The standard InChI is InChI=1S/C29H35F5N6O2/c1-15-7-20(35)25(31)23(24(15)29(32,33)34)22-8-21-19(13-41-22)26(39-11-17-3-4-18(12-39)36-17)38-27(37-21)42-14-28-5-2-6-40(28)10-16(30)9-28/h7,16-18,22,36H,2-6,8-14,35H2,1H3/t16-,17?,18?,22+,28+/m1/s1. The third-order valence-corrected chi connectivity index (χ3v) is 9.74. The number of ether oxygens (including phenoxy) is 2. The molecule has 0 radical (unpaired) electrons. The zero-order valence-electron chi connectivity index (χ0n) is 23.4. The number of aryl methyl sites for hydroxylation is 1. The highest BCUT2D eigenvalue weighted by Crippen LogP contribution is 2.45. The van der Waals surface area contributed by atoms with Gasteiger partial charge in [0, 0.05) is 55.7 Å². The predicted molar refractivity (Wildman–Crippen MR) is 145 cm³/mol. The molecule has 8 nitrogen and oxygen atoms in total. The van der Waals surface area contributed by atoms with Crippen molar-refractivity contribution in [1.29, 1.82) is 0 Å². The molecular weight excluding hydrogens is 559 g/mol. The molecule has 2 bridgehead atoms. The molecule has 0 saturated carbocycles. The van der Waals surface area contributed by atoms with Crippen molar-refractivity contribution < 1.29 is 31.4 Å². The number of hydrogen-bond donors (Lipinski definition) is 2. The maximum absolute atomic E-state index is 15.3. The number of anilines is 2. The van der Waals surface area contributed by atoms with Gasteiger partial charge in [-0.2, -0.15) is 23.1 Å². The first kappa shape index (κ1) is 28.0. The molecule has 13 heteroatoms. The van der Waals surface area contributed by atoms with Gasteiger partial charge in [-0.3, -0.25) is 4.90 Å². The molecule has 2 aromatic rings. The van der Waals surface area contributed by atoms with Crippen LogP contribution in [0.25, 0.3) is 0 Å². The number of benzene rings is 1. The second kappa shape index (κ2) is 10.2. The maximum Gasteiger partial charge on any atom is 0.417 e. The van der Waals surface area contributed by atoms with Gasteiger partial charge >= 0.3 is 12.2 Å². The SMILES string of the molecule is Cc1cc(N)c(F)c([C@@H]2Cc3nc(OC[C@@]45CCCN4C[C@H](F)C5)nc(N4CC5CCC(C4)N5)c3CO2)c1C(F)(F)F. The highest BCUT2D eigenvalue weighted by Gasteiger charge is 2.49. The van der Waals surface area contributed by atoms with Crippen LogP contribution in [0.4, 0.5) is 33.5 Å². The Hall–Kier alpha value is -2.77. The number of nitrogen functional groups attached to an aromatic ring is 1. The average molecular weight is 595 g/mol. The monoisotopic (exact) mass is 594 g/mol. The van der Waals surface area contributed by atoms with E-state index in [9.17, 15) is 17.6 Å². The average Bonchev–Trinajstić information content (AvgIpc) is 3.58. The predicted octanol–water partition coefficient (Wildman–Crippen LogP) is 4.23. The van der Waals surface area contributed by atoms with Gasteiger partial charge in [-0.15, -0.1) is 0 Å². The molecule has 3 N–H and O–H groups in total. The molecule has 0 spiro atoms. The van der Waals surface area contributed by atoms with Gasteiger partial charge in [0.1, 0.15) is 18.6 Å². The molecule has 6 heterocycles. The van der Waals surface area contributed by atoms with Crippen molar-refractivity contribution in [2.24, 2.45) is 0 Å². The number of nitrogens with one attached hydrogen (secondary N) is 1. The third-order valence-electron chi connectivity index (χ3n) is 9.74. The van der Waals surface area contributed by atoms with Crippen LogP contribution >= 0.6 is 0 Å². The van der Waals surface area contributed by atoms with Crippen molar-refractivity contribution in [3.63, 3.8) is 0 Å². The summed E-state index contributed by atoms with van der Waals surface area (Å²) in [5.74, 6) is -0.504. The molecule has 5 aliphatic rings. The van der Waals surface area contributed by atoms with Crippen LogP contribution in [0.5, 0.6) is 6.01 Å². The Labute approximate surface area is 240 Å². The number of nitrogens with zero attached hydrogens (tertiary/aromatic N) is 4. The van der Waals surface area contributed by atoms with Crippen molar-refractivity contribution in [3.8, 4) is 6.01 Å². The van der Waals surface area contributed by atoms with Crippen molar-refractivity contribution in [2.45, 2.75) is 88.1 Å². The second-order valence-electron chi connectivity index (χ2n) is 12.5. The van der Waals surface area contributed by atoms with Gasteiger partial charge in [0.05, 0.1) is 35.2 Å². The second-order valence-corrected chi connectivity index (χ2v) is 12.5. The van der Waals surface area contributed by atoms with E-state index >= 15 is 4.39 Å². The summed E-state index contributed by atoms with van der Waals surface area (Å²) in [4.78, 5) is 13.7. The summed E-state index contributed by atoms with van der Waals surface area (Å²) in [5, 5.41) is 3.59. The van der Waals surface area contributed by atoms with E-state index < -0.39 is 40.9 Å². The summed E-state index contributed by atoms with van der Waals surface area (Å²) in [6.07, 6.45) is -2.81. The molecule has 5 atom stereocenters. The Morgan fingerprint density at radius 1 is 1.19 bits per heavy atom. The molecule has 42 heavy (non-hydrogen) atoms. The fourth-order valence-electron chi connectivity index (χ4n) is 7.88.